The lowest BCUT2D eigenvalue weighted by Crippen LogP contribution is -2.25. The van der Waals surface area contributed by atoms with Crippen molar-refractivity contribution < 1.29 is 14.3 Å². The number of nitrogens with zero attached hydrogens (tertiary/aromatic N) is 5. The molecule has 0 aliphatic rings. The number of ether oxygens (including phenoxy) is 2. The predicted octanol–water partition coefficient (Wildman–Crippen LogP) is 1.88. The van der Waals surface area contributed by atoms with Gasteiger partial charge in [-0.25, -0.2) is 4.98 Å². The summed E-state index contributed by atoms with van der Waals surface area (Å²) >= 11 is 0. The van der Waals surface area contributed by atoms with Gasteiger partial charge >= 0.3 is 0 Å². The number of carbonyl (C=O) groups is 1. The number of ketones is 1. The summed E-state index contributed by atoms with van der Waals surface area (Å²) < 4.78 is 13.2. The number of fused-ring (bicyclic) bond motifs is 1. The van der Waals surface area contributed by atoms with Crippen molar-refractivity contribution in [3.63, 3.8) is 0 Å². The maximum Gasteiger partial charge on any atom is 0.283 e. The summed E-state index contributed by atoms with van der Waals surface area (Å²) in [6.45, 7) is -0.130. The maximum absolute atomic E-state index is 12.8. The maximum atomic E-state index is 12.8. The van der Waals surface area contributed by atoms with E-state index < -0.39 is 5.56 Å². The SMILES string of the molecule is COc1ccc(-n2nnc3c(=O)n(CC(=O)c4ccccc4)cnc32)cc1OC. The smallest absolute Gasteiger partial charge is 0.283 e. The van der Waals surface area contributed by atoms with Gasteiger partial charge < -0.3 is 9.47 Å². The van der Waals surface area contributed by atoms with Crippen molar-refractivity contribution in [2.75, 3.05) is 14.2 Å². The standard InChI is InChI=1S/C20H17N5O4/c1-28-16-9-8-14(10-17(16)29-2)25-19-18(22-23-25)20(27)24(12-21-19)11-15(26)13-6-4-3-5-7-13/h3-10,12H,11H2,1-2H3. The molecule has 0 amide bonds. The van der Waals surface area contributed by atoms with E-state index in [0.717, 1.165) is 0 Å². The second-order valence-corrected chi connectivity index (χ2v) is 6.18. The lowest BCUT2D eigenvalue weighted by Gasteiger charge is -2.09. The van der Waals surface area contributed by atoms with Gasteiger partial charge in [-0.2, -0.15) is 4.68 Å². The molecule has 0 spiro atoms. The van der Waals surface area contributed by atoms with Crippen molar-refractivity contribution in [3.05, 3.63) is 70.8 Å². The molecule has 2 aromatic carbocycles. The summed E-state index contributed by atoms with van der Waals surface area (Å²) in [6, 6.07) is 13.9. The number of rotatable bonds is 6. The third-order valence-corrected chi connectivity index (χ3v) is 4.45. The van der Waals surface area contributed by atoms with Crippen LogP contribution in [-0.2, 0) is 6.54 Å². The molecule has 2 aromatic heterocycles. The van der Waals surface area contributed by atoms with E-state index in [1.165, 1.54) is 22.7 Å². The van der Waals surface area contributed by atoms with Crippen LogP contribution in [0.5, 0.6) is 11.5 Å². The third kappa shape index (κ3) is 3.33. The Hall–Kier alpha value is -4.01. The zero-order valence-electron chi connectivity index (χ0n) is 15.8. The highest BCUT2D eigenvalue weighted by molar-refractivity contribution is 5.95. The van der Waals surface area contributed by atoms with E-state index in [1.807, 2.05) is 6.07 Å². The molecule has 2 heterocycles. The Morgan fingerprint density at radius 1 is 1.03 bits per heavy atom. The normalized spacial score (nSPS) is 10.8. The summed E-state index contributed by atoms with van der Waals surface area (Å²) in [7, 11) is 3.07. The molecule has 0 bridgehead atoms. The Kier molecular flexibility index (Phi) is 4.78. The number of benzene rings is 2. The van der Waals surface area contributed by atoms with Crippen LogP contribution in [-0.4, -0.2) is 44.5 Å². The molecule has 9 nitrogen and oxygen atoms in total. The molecule has 9 heteroatoms. The van der Waals surface area contributed by atoms with E-state index in [-0.39, 0.29) is 23.5 Å². The van der Waals surface area contributed by atoms with E-state index in [1.54, 1.807) is 49.6 Å². The van der Waals surface area contributed by atoms with Gasteiger partial charge in [-0.05, 0) is 12.1 Å². The first-order valence-corrected chi connectivity index (χ1v) is 8.74. The fourth-order valence-electron chi connectivity index (χ4n) is 2.96. The number of methoxy groups -OCH3 is 2. The lowest BCUT2D eigenvalue weighted by atomic mass is 10.1. The molecular formula is C20H17N5O4. The van der Waals surface area contributed by atoms with E-state index in [0.29, 0.717) is 22.7 Å². The average Bonchev–Trinajstić information content (AvgIpc) is 3.20. The highest BCUT2D eigenvalue weighted by Gasteiger charge is 2.16. The number of hydrogen-bond acceptors (Lipinski definition) is 7. The lowest BCUT2D eigenvalue weighted by molar-refractivity contribution is 0.0970. The van der Waals surface area contributed by atoms with Crippen LogP contribution in [0, 0.1) is 0 Å². The van der Waals surface area contributed by atoms with Crippen molar-refractivity contribution in [1.29, 1.82) is 0 Å². The molecule has 29 heavy (non-hydrogen) atoms. The van der Waals surface area contributed by atoms with Crippen molar-refractivity contribution >= 4 is 16.9 Å². The Balaban J connectivity index is 1.71. The average molecular weight is 391 g/mol. The molecular weight excluding hydrogens is 374 g/mol. The minimum atomic E-state index is -0.439. The van der Waals surface area contributed by atoms with Gasteiger partial charge in [-0.1, -0.05) is 35.5 Å². The van der Waals surface area contributed by atoms with Crippen molar-refractivity contribution in [2.24, 2.45) is 0 Å². The summed E-state index contributed by atoms with van der Waals surface area (Å²) in [6.07, 6.45) is 1.33. The van der Waals surface area contributed by atoms with Crippen LogP contribution in [0.4, 0.5) is 0 Å². The molecule has 0 aliphatic carbocycles. The van der Waals surface area contributed by atoms with Crippen molar-refractivity contribution in [2.45, 2.75) is 6.54 Å². The molecule has 0 saturated heterocycles. The van der Waals surface area contributed by atoms with E-state index >= 15 is 0 Å². The topological polar surface area (TPSA) is 101 Å². The Labute approximate surface area is 165 Å². The minimum Gasteiger partial charge on any atom is -0.493 e. The highest BCUT2D eigenvalue weighted by Crippen LogP contribution is 2.29. The van der Waals surface area contributed by atoms with Gasteiger partial charge in [-0.3, -0.25) is 14.2 Å². The van der Waals surface area contributed by atoms with Crippen LogP contribution in [0.2, 0.25) is 0 Å². The van der Waals surface area contributed by atoms with Crippen LogP contribution in [0.3, 0.4) is 0 Å². The highest BCUT2D eigenvalue weighted by atomic mass is 16.5. The second kappa shape index (κ2) is 7.55. The molecule has 146 valence electrons. The number of Topliss-reactive ketones (excluding diaryl/α,β-unsaturated/α-hetero) is 1. The first-order valence-electron chi connectivity index (χ1n) is 8.74. The van der Waals surface area contributed by atoms with Crippen molar-refractivity contribution in [3.8, 4) is 17.2 Å². The predicted molar refractivity (Wildman–Crippen MR) is 105 cm³/mol. The fourth-order valence-corrected chi connectivity index (χ4v) is 2.96. The fraction of sp³-hybridized carbons (Fsp3) is 0.150. The molecule has 0 atom stereocenters. The van der Waals surface area contributed by atoms with Gasteiger partial charge in [0, 0.05) is 11.6 Å². The summed E-state index contributed by atoms with van der Waals surface area (Å²) in [5, 5.41) is 8.01. The first-order chi connectivity index (χ1) is 14.1. The zero-order valence-corrected chi connectivity index (χ0v) is 15.8. The van der Waals surface area contributed by atoms with Gasteiger partial charge in [-0.15, -0.1) is 5.10 Å². The van der Waals surface area contributed by atoms with E-state index in [4.69, 9.17) is 9.47 Å². The van der Waals surface area contributed by atoms with Crippen LogP contribution in [0.25, 0.3) is 16.9 Å². The zero-order chi connectivity index (χ0) is 20.4. The van der Waals surface area contributed by atoms with Gasteiger partial charge in [0.1, 0.15) is 6.33 Å². The van der Waals surface area contributed by atoms with Crippen molar-refractivity contribution in [1.82, 2.24) is 24.5 Å². The Morgan fingerprint density at radius 3 is 2.52 bits per heavy atom. The van der Waals surface area contributed by atoms with Crippen LogP contribution in [0.15, 0.2) is 59.7 Å². The van der Waals surface area contributed by atoms with Crippen LogP contribution < -0.4 is 15.0 Å². The molecule has 0 N–H and O–H groups in total. The number of hydrogen-bond donors (Lipinski definition) is 0. The van der Waals surface area contributed by atoms with Gasteiger partial charge in [0.15, 0.2) is 28.4 Å². The van der Waals surface area contributed by atoms with Crippen LogP contribution in [0.1, 0.15) is 10.4 Å². The molecule has 0 radical (unpaired) electrons. The summed E-state index contributed by atoms with van der Waals surface area (Å²) in [4.78, 5) is 29.5. The minimum absolute atomic E-state index is 0.0724. The first kappa shape index (κ1) is 18.4. The van der Waals surface area contributed by atoms with Gasteiger partial charge in [0.2, 0.25) is 0 Å². The molecule has 0 saturated carbocycles. The Bertz CT molecular complexity index is 1250. The molecule has 4 aromatic rings. The second-order valence-electron chi connectivity index (χ2n) is 6.18. The quantitative estimate of drug-likeness (QED) is 0.463. The monoisotopic (exact) mass is 391 g/mol. The number of aromatic nitrogens is 5. The van der Waals surface area contributed by atoms with Gasteiger partial charge in [0.05, 0.1) is 26.5 Å². The third-order valence-electron chi connectivity index (χ3n) is 4.45. The van der Waals surface area contributed by atoms with E-state index in [2.05, 4.69) is 15.3 Å². The van der Waals surface area contributed by atoms with Gasteiger partial charge in [0.25, 0.3) is 5.56 Å². The molecule has 4 rings (SSSR count). The molecule has 0 aliphatic heterocycles. The Morgan fingerprint density at radius 2 is 1.79 bits per heavy atom. The number of carbonyl (C=O) groups excluding carboxylic acids is 1. The largest absolute Gasteiger partial charge is 0.493 e. The molecule has 0 unspecified atom stereocenters. The van der Waals surface area contributed by atoms with Crippen LogP contribution >= 0.6 is 0 Å². The summed E-state index contributed by atoms with van der Waals surface area (Å²) in [5.74, 6) is 0.881. The summed E-state index contributed by atoms with van der Waals surface area (Å²) in [5.41, 5.74) is 1.04. The van der Waals surface area contributed by atoms with E-state index in [9.17, 15) is 9.59 Å². The molecule has 0 fully saturated rings.